The van der Waals surface area contributed by atoms with Gasteiger partial charge in [0.05, 0.1) is 6.61 Å². The number of hydrogen-bond donors (Lipinski definition) is 1. The third-order valence-corrected chi connectivity index (χ3v) is 4.88. The number of rotatable bonds is 6. The number of methoxy groups -OCH3 is 2. The molecule has 0 radical (unpaired) electrons. The molecule has 1 amide bonds. The van der Waals surface area contributed by atoms with Crippen molar-refractivity contribution < 1.29 is 24.2 Å². The minimum Gasteiger partial charge on any atom is -0.481 e. The molecule has 1 heterocycles. The van der Waals surface area contributed by atoms with Crippen LogP contribution in [0.15, 0.2) is 30.3 Å². The number of amides is 1. The van der Waals surface area contributed by atoms with Crippen molar-refractivity contribution in [2.24, 2.45) is 5.41 Å². The number of aliphatic carboxylic acids is 1. The van der Waals surface area contributed by atoms with Gasteiger partial charge in [-0.2, -0.15) is 0 Å². The molecule has 0 aliphatic carbocycles. The van der Waals surface area contributed by atoms with Crippen molar-refractivity contribution >= 4 is 11.9 Å². The maximum atomic E-state index is 13.1. The third-order valence-electron chi connectivity index (χ3n) is 4.88. The summed E-state index contributed by atoms with van der Waals surface area (Å²) in [5.41, 5.74) is -1.46. The van der Waals surface area contributed by atoms with Crippen LogP contribution < -0.4 is 0 Å². The Labute approximate surface area is 142 Å². The van der Waals surface area contributed by atoms with Crippen LogP contribution in [0.25, 0.3) is 0 Å². The normalized spacial score (nSPS) is 23.5. The summed E-state index contributed by atoms with van der Waals surface area (Å²) in [6.07, 6.45) is 1.12. The molecule has 1 aliphatic rings. The molecule has 2 atom stereocenters. The lowest BCUT2D eigenvalue weighted by atomic mass is 9.79. The van der Waals surface area contributed by atoms with Crippen LogP contribution in [0.3, 0.4) is 0 Å². The van der Waals surface area contributed by atoms with Gasteiger partial charge in [0.15, 0.2) is 5.60 Å². The van der Waals surface area contributed by atoms with Crippen LogP contribution in [0.1, 0.15) is 25.3 Å². The van der Waals surface area contributed by atoms with Crippen LogP contribution in [0.5, 0.6) is 0 Å². The number of carbonyl (C=O) groups is 2. The summed E-state index contributed by atoms with van der Waals surface area (Å²) in [6, 6.07) is 9.25. The van der Waals surface area contributed by atoms with E-state index in [1.54, 1.807) is 11.8 Å². The van der Waals surface area contributed by atoms with Gasteiger partial charge in [-0.15, -0.1) is 0 Å². The summed E-state index contributed by atoms with van der Waals surface area (Å²) in [6.45, 7) is 2.45. The van der Waals surface area contributed by atoms with Gasteiger partial charge in [0.25, 0.3) is 5.91 Å². The predicted octanol–water partition coefficient (Wildman–Crippen LogP) is 1.89. The Bertz CT molecular complexity index is 586. The molecule has 6 nitrogen and oxygen atoms in total. The Balaban J connectivity index is 2.29. The van der Waals surface area contributed by atoms with Gasteiger partial charge in [0.2, 0.25) is 0 Å². The average Bonchev–Trinajstić information content (AvgIpc) is 2.61. The highest BCUT2D eigenvalue weighted by molar-refractivity contribution is 5.87. The van der Waals surface area contributed by atoms with Gasteiger partial charge in [-0.1, -0.05) is 30.3 Å². The summed E-state index contributed by atoms with van der Waals surface area (Å²) in [5.74, 6) is -1.15. The molecule has 6 heteroatoms. The number of nitrogens with zero attached hydrogens (tertiary/aromatic N) is 1. The third kappa shape index (κ3) is 3.30. The van der Waals surface area contributed by atoms with Crippen molar-refractivity contribution in [1.82, 2.24) is 4.90 Å². The van der Waals surface area contributed by atoms with E-state index in [1.165, 1.54) is 14.2 Å². The van der Waals surface area contributed by atoms with Crippen LogP contribution in [0, 0.1) is 5.41 Å². The van der Waals surface area contributed by atoms with E-state index in [0.717, 1.165) is 5.56 Å². The topological polar surface area (TPSA) is 76.1 Å². The molecule has 0 bridgehead atoms. The number of carboxylic acid groups (broad SMARTS) is 1. The number of piperidine rings is 1. The van der Waals surface area contributed by atoms with Gasteiger partial charge in [-0.05, 0) is 25.3 Å². The van der Waals surface area contributed by atoms with Crippen molar-refractivity contribution in [1.29, 1.82) is 0 Å². The van der Waals surface area contributed by atoms with Crippen LogP contribution in [0.2, 0.25) is 0 Å². The van der Waals surface area contributed by atoms with Gasteiger partial charge < -0.3 is 19.5 Å². The average molecular weight is 335 g/mol. The standard InChI is InChI=1S/C18H25NO5/c1-17(24-3,14-8-5-4-6-9-14)15(20)19-11-7-10-18(12-19,13-23-2)16(21)22/h4-6,8-9H,7,10-13H2,1-3H3,(H,21,22). The highest BCUT2D eigenvalue weighted by atomic mass is 16.5. The monoisotopic (exact) mass is 335 g/mol. The molecular weight excluding hydrogens is 310 g/mol. The minimum absolute atomic E-state index is 0.0845. The fourth-order valence-electron chi connectivity index (χ4n) is 3.32. The zero-order valence-corrected chi connectivity index (χ0v) is 14.4. The van der Waals surface area contributed by atoms with Crippen molar-refractivity contribution in [2.75, 3.05) is 33.9 Å². The van der Waals surface area contributed by atoms with Crippen LogP contribution in [0.4, 0.5) is 0 Å². The maximum absolute atomic E-state index is 13.1. The number of carboxylic acids is 1. The molecule has 1 aliphatic heterocycles. The summed E-state index contributed by atoms with van der Waals surface area (Å²) < 4.78 is 10.7. The Morgan fingerprint density at radius 3 is 2.50 bits per heavy atom. The fourth-order valence-corrected chi connectivity index (χ4v) is 3.32. The van der Waals surface area contributed by atoms with E-state index in [-0.39, 0.29) is 19.1 Å². The zero-order valence-electron chi connectivity index (χ0n) is 14.4. The number of hydrogen-bond acceptors (Lipinski definition) is 4. The molecule has 132 valence electrons. The number of ether oxygens (including phenoxy) is 2. The summed E-state index contributed by atoms with van der Waals surface area (Å²) >= 11 is 0. The lowest BCUT2D eigenvalue weighted by molar-refractivity contribution is -0.167. The van der Waals surface area contributed by atoms with E-state index in [4.69, 9.17) is 9.47 Å². The molecule has 24 heavy (non-hydrogen) atoms. The smallest absolute Gasteiger partial charge is 0.313 e. The van der Waals surface area contributed by atoms with Crippen LogP contribution in [-0.2, 0) is 24.7 Å². The first-order chi connectivity index (χ1) is 11.4. The molecule has 0 saturated carbocycles. The highest BCUT2D eigenvalue weighted by Gasteiger charge is 2.47. The van der Waals surface area contributed by atoms with E-state index in [2.05, 4.69) is 0 Å². The Morgan fingerprint density at radius 1 is 1.29 bits per heavy atom. The van der Waals surface area contributed by atoms with Gasteiger partial charge in [-0.25, -0.2) is 0 Å². The first-order valence-electron chi connectivity index (χ1n) is 8.02. The Morgan fingerprint density at radius 2 is 1.96 bits per heavy atom. The number of likely N-dealkylation sites (tertiary alicyclic amines) is 1. The molecule has 1 saturated heterocycles. The lowest BCUT2D eigenvalue weighted by Crippen LogP contribution is -2.56. The molecule has 1 N–H and O–H groups in total. The highest BCUT2D eigenvalue weighted by Crippen LogP contribution is 2.34. The fraction of sp³-hybridized carbons (Fsp3) is 0.556. The van der Waals surface area contributed by atoms with Crippen LogP contribution in [-0.4, -0.2) is 55.8 Å². The van der Waals surface area contributed by atoms with Gasteiger partial charge in [-0.3, -0.25) is 9.59 Å². The van der Waals surface area contributed by atoms with Gasteiger partial charge in [0, 0.05) is 27.3 Å². The molecule has 1 fully saturated rings. The molecule has 1 aromatic carbocycles. The second-order valence-electron chi connectivity index (χ2n) is 6.45. The largest absolute Gasteiger partial charge is 0.481 e. The molecule has 0 spiro atoms. The van der Waals surface area contributed by atoms with Crippen molar-refractivity contribution in [2.45, 2.75) is 25.4 Å². The number of carbonyl (C=O) groups excluding carboxylic acids is 1. The molecule has 1 aromatic rings. The van der Waals surface area contributed by atoms with E-state index in [9.17, 15) is 14.7 Å². The first kappa shape index (κ1) is 18.4. The van der Waals surface area contributed by atoms with Crippen LogP contribution >= 0.6 is 0 Å². The molecular formula is C18H25NO5. The second kappa shape index (κ2) is 7.32. The molecule has 0 aromatic heterocycles. The summed E-state index contributed by atoms with van der Waals surface area (Å²) in [7, 11) is 2.98. The molecule has 2 rings (SSSR count). The quantitative estimate of drug-likeness (QED) is 0.859. The van der Waals surface area contributed by atoms with Crippen molar-refractivity contribution in [3.8, 4) is 0 Å². The predicted molar refractivity (Wildman–Crippen MR) is 88.6 cm³/mol. The Hall–Kier alpha value is -1.92. The molecule has 2 unspecified atom stereocenters. The van der Waals surface area contributed by atoms with E-state index >= 15 is 0 Å². The van der Waals surface area contributed by atoms with E-state index in [0.29, 0.717) is 19.4 Å². The lowest BCUT2D eigenvalue weighted by Gasteiger charge is -2.42. The SMILES string of the molecule is COCC1(C(=O)O)CCCN(C(=O)C(C)(OC)c2ccccc2)C1. The van der Waals surface area contributed by atoms with Crippen molar-refractivity contribution in [3.05, 3.63) is 35.9 Å². The summed E-state index contributed by atoms with van der Waals surface area (Å²) in [4.78, 5) is 26.5. The second-order valence-corrected chi connectivity index (χ2v) is 6.45. The Kier molecular flexibility index (Phi) is 5.62. The van der Waals surface area contributed by atoms with Gasteiger partial charge in [0.1, 0.15) is 5.41 Å². The van der Waals surface area contributed by atoms with E-state index < -0.39 is 17.0 Å². The maximum Gasteiger partial charge on any atom is 0.313 e. The van der Waals surface area contributed by atoms with E-state index in [1.807, 2.05) is 30.3 Å². The zero-order chi connectivity index (χ0) is 17.8. The minimum atomic E-state index is -1.14. The van der Waals surface area contributed by atoms with Gasteiger partial charge >= 0.3 is 5.97 Å². The summed E-state index contributed by atoms with van der Waals surface area (Å²) in [5, 5.41) is 9.65. The van der Waals surface area contributed by atoms with Crippen molar-refractivity contribution in [3.63, 3.8) is 0 Å². The first-order valence-corrected chi connectivity index (χ1v) is 8.02. The number of benzene rings is 1.